The Bertz CT molecular complexity index is 765. The van der Waals surface area contributed by atoms with Gasteiger partial charge in [-0.2, -0.15) is 0 Å². The van der Waals surface area contributed by atoms with Crippen molar-refractivity contribution < 1.29 is 9.59 Å². The van der Waals surface area contributed by atoms with E-state index in [9.17, 15) is 9.59 Å². The monoisotopic (exact) mass is 365 g/mol. The number of carbonyl (C=O) groups excluding carboxylic acids is 2. The molecule has 5 nitrogen and oxygen atoms in total. The zero-order chi connectivity index (χ0) is 17.7. The third-order valence-corrected chi connectivity index (χ3v) is 3.71. The predicted octanol–water partition coefficient (Wildman–Crippen LogP) is 4.39. The summed E-state index contributed by atoms with van der Waals surface area (Å²) in [5, 5.41) is 9.38. The zero-order valence-electron chi connectivity index (χ0n) is 13.2. The number of hydrogen-bond donors (Lipinski definition) is 3. The van der Waals surface area contributed by atoms with Crippen LogP contribution in [-0.2, 0) is 9.59 Å². The van der Waals surface area contributed by atoms with E-state index < -0.39 is 6.04 Å². The molecule has 0 saturated carbocycles. The molecule has 1 atom stereocenters. The van der Waals surface area contributed by atoms with Crippen molar-refractivity contribution in [2.45, 2.75) is 19.9 Å². The smallest absolute Gasteiger partial charge is 0.246 e. The second-order valence-corrected chi connectivity index (χ2v) is 6.09. The lowest BCUT2D eigenvalue weighted by molar-refractivity contribution is -0.116. The molecular formula is C17H17Cl2N3O2. The van der Waals surface area contributed by atoms with Crippen LogP contribution >= 0.6 is 23.2 Å². The number of hydrogen-bond acceptors (Lipinski definition) is 3. The van der Waals surface area contributed by atoms with Gasteiger partial charge in [0.15, 0.2) is 0 Å². The summed E-state index contributed by atoms with van der Waals surface area (Å²) in [4.78, 5) is 23.4. The predicted molar refractivity (Wildman–Crippen MR) is 98.9 cm³/mol. The molecule has 2 rings (SSSR count). The number of halogens is 2. The zero-order valence-corrected chi connectivity index (χ0v) is 14.7. The first-order valence-corrected chi connectivity index (χ1v) is 8.01. The van der Waals surface area contributed by atoms with E-state index in [0.717, 1.165) is 0 Å². The second-order valence-electron chi connectivity index (χ2n) is 5.24. The van der Waals surface area contributed by atoms with Crippen LogP contribution in [0.1, 0.15) is 13.8 Å². The molecule has 0 saturated heterocycles. The lowest BCUT2D eigenvalue weighted by Crippen LogP contribution is -2.32. The van der Waals surface area contributed by atoms with E-state index in [1.165, 1.54) is 6.92 Å². The van der Waals surface area contributed by atoms with Gasteiger partial charge in [0.05, 0.1) is 10.7 Å². The van der Waals surface area contributed by atoms with Gasteiger partial charge in [-0.05, 0) is 43.3 Å². The molecule has 0 fully saturated rings. The fraction of sp³-hybridized carbons (Fsp3) is 0.176. The lowest BCUT2D eigenvalue weighted by Gasteiger charge is -2.16. The maximum absolute atomic E-state index is 12.3. The molecule has 0 unspecified atom stereocenters. The van der Waals surface area contributed by atoms with Crippen molar-refractivity contribution in [3.63, 3.8) is 0 Å². The molecule has 2 amide bonds. The molecule has 2 aromatic rings. The van der Waals surface area contributed by atoms with Gasteiger partial charge in [0, 0.05) is 23.3 Å². The van der Waals surface area contributed by atoms with Crippen LogP contribution in [0.4, 0.5) is 17.1 Å². The molecule has 24 heavy (non-hydrogen) atoms. The number of benzene rings is 2. The lowest BCUT2D eigenvalue weighted by atomic mass is 10.2. The third kappa shape index (κ3) is 5.15. The Hall–Kier alpha value is -2.24. The van der Waals surface area contributed by atoms with Crippen LogP contribution in [0.5, 0.6) is 0 Å². The molecule has 0 bridgehead atoms. The molecule has 2 aromatic carbocycles. The average Bonchev–Trinajstić information content (AvgIpc) is 2.50. The van der Waals surface area contributed by atoms with Crippen LogP contribution in [0, 0.1) is 0 Å². The van der Waals surface area contributed by atoms with E-state index in [1.807, 2.05) is 6.07 Å². The van der Waals surface area contributed by atoms with Crippen LogP contribution in [0.3, 0.4) is 0 Å². The summed E-state index contributed by atoms with van der Waals surface area (Å²) in [6.07, 6.45) is 0. The molecule has 0 heterocycles. The Morgan fingerprint density at radius 3 is 2.42 bits per heavy atom. The van der Waals surface area contributed by atoms with Crippen LogP contribution in [0.15, 0.2) is 42.5 Å². The summed E-state index contributed by atoms with van der Waals surface area (Å²) in [5.74, 6) is -0.419. The summed E-state index contributed by atoms with van der Waals surface area (Å²) in [7, 11) is 0. The second kappa shape index (κ2) is 8.04. The summed E-state index contributed by atoms with van der Waals surface area (Å²) in [5.41, 5.74) is 1.81. The summed E-state index contributed by atoms with van der Waals surface area (Å²) >= 11 is 11.9. The van der Waals surface area contributed by atoms with Gasteiger partial charge in [0.1, 0.15) is 6.04 Å². The van der Waals surface area contributed by atoms with Crippen molar-refractivity contribution in [3.05, 3.63) is 52.5 Å². The van der Waals surface area contributed by atoms with Gasteiger partial charge in [0.2, 0.25) is 11.8 Å². The first-order valence-electron chi connectivity index (χ1n) is 7.25. The topological polar surface area (TPSA) is 70.2 Å². The number of anilines is 3. The Morgan fingerprint density at radius 2 is 1.71 bits per heavy atom. The fourth-order valence-electron chi connectivity index (χ4n) is 2.04. The minimum Gasteiger partial charge on any atom is -0.374 e. The molecule has 0 radical (unpaired) electrons. The maximum atomic E-state index is 12.3. The summed E-state index contributed by atoms with van der Waals surface area (Å²) in [6, 6.07) is 11.4. The van der Waals surface area contributed by atoms with Crippen LogP contribution in [0.25, 0.3) is 0 Å². The summed E-state index contributed by atoms with van der Waals surface area (Å²) < 4.78 is 0. The van der Waals surface area contributed by atoms with Crippen LogP contribution in [0.2, 0.25) is 10.0 Å². The largest absolute Gasteiger partial charge is 0.374 e. The van der Waals surface area contributed by atoms with Crippen molar-refractivity contribution in [1.29, 1.82) is 0 Å². The van der Waals surface area contributed by atoms with E-state index in [-0.39, 0.29) is 11.8 Å². The highest BCUT2D eigenvalue weighted by molar-refractivity contribution is 6.35. The van der Waals surface area contributed by atoms with Crippen molar-refractivity contribution in [2.24, 2.45) is 0 Å². The highest BCUT2D eigenvalue weighted by Crippen LogP contribution is 2.25. The van der Waals surface area contributed by atoms with E-state index in [1.54, 1.807) is 43.3 Å². The summed E-state index contributed by atoms with van der Waals surface area (Å²) in [6.45, 7) is 3.16. The molecule has 3 N–H and O–H groups in total. The van der Waals surface area contributed by atoms with E-state index in [0.29, 0.717) is 27.1 Å². The number of carbonyl (C=O) groups is 2. The van der Waals surface area contributed by atoms with E-state index in [2.05, 4.69) is 16.0 Å². The molecule has 0 aromatic heterocycles. The number of amides is 2. The van der Waals surface area contributed by atoms with Gasteiger partial charge >= 0.3 is 0 Å². The first kappa shape index (κ1) is 18.1. The van der Waals surface area contributed by atoms with Gasteiger partial charge in [-0.1, -0.05) is 29.3 Å². The quantitative estimate of drug-likeness (QED) is 0.735. The highest BCUT2D eigenvalue weighted by atomic mass is 35.5. The minimum absolute atomic E-state index is 0.159. The van der Waals surface area contributed by atoms with E-state index >= 15 is 0 Å². The Kier molecular flexibility index (Phi) is 6.06. The Labute approximate surface area is 150 Å². The van der Waals surface area contributed by atoms with Crippen molar-refractivity contribution >= 4 is 52.1 Å². The molecular weight excluding hydrogens is 349 g/mol. The standard InChI is InChI=1S/C17H17Cl2N3O2/c1-10(17(24)22-16-8-12(18)6-7-15(16)19)20-13-4-3-5-14(9-13)21-11(2)23/h3-10,20H,1-2H3,(H,21,23)(H,22,24)/t10-/m1/s1. The number of nitrogens with one attached hydrogen (secondary N) is 3. The van der Waals surface area contributed by atoms with Gasteiger partial charge in [-0.25, -0.2) is 0 Å². The molecule has 126 valence electrons. The SMILES string of the molecule is CC(=O)Nc1cccc(N[C@H](C)C(=O)Nc2cc(Cl)ccc2Cl)c1. The molecule has 0 aliphatic heterocycles. The highest BCUT2D eigenvalue weighted by Gasteiger charge is 2.14. The Balaban J connectivity index is 2.03. The van der Waals surface area contributed by atoms with Gasteiger partial charge in [-0.15, -0.1) is 0 Å². The Morgan fingerprint density at radius 1 is 1.00 bits per heavy atom. The van der Waals surface area contributed by atoms with E-state index in [4.69, 9.17) is 23.2 Å². The molecule has 0 spiro atoms. The average molecular weight is 366 g/mol. The molecule has 0 aliphatic carbocycles. The molecule has 0 aliphatic rings. The van der Waals surface area contributed by atoms with Gasteiger partial charge in [0.25, 0.3) is 0 Å². The van der Waals surface area contributed by atoms with Crippen LogP contribution in [-0.4, -0.2) is 17.9 Å². The van der Waals surface area contributed by atoms with Crippen molar-refractivity contribution in [2.75, 3.05) is 16.0 Å². The first-order chi connectivity index (χ1) is 11.3. The number of rotatable bonds is 5. The van der Waals surface area contributed by atoms with Gasteiger partial charge in [-0.3, -0.25) is 9.59 Å². The minimum atomic E-state index is -0.521. The molecule has 7 heteroatoms. The van der Waals surface area contributed by atoms with Gasteiger partial charge < -0.3 is 16.0 Å². The van der Waals surface area contributed by atoms with Crippen molar-refractivity contribution in [3.8, 4) is 0 Å². The third-order valence-electron chi connectivity index (χ3n) is 3.15. The maximum Gasteiger partial charge on any atom is 0.246 e. The normalized spacial score (nSPS) is 11.5. The fourth-order valence-corrected chi connectivity index (χ4v) is 2.38. The van der Waals surface area contributed by atoms with Crippen LogP contribution < -0.4 is 16.0 Å². The van der Waals surface area contributed by atoms with Crippen molar-refractivity contribution in [1.82, 2.24) is 0 Å².